The predicted molar refractivity (Wildman–Crippen MR) is 160 cm³/mol. The lowest BCUT2D eigenvalue weighted by Crippen LogP contribution is -2.43. The van der Waals surface area contributed by atoms with Crippen LogP contribution in [0.1, 0.15) is 82.4 Å². The van der Waals surface area contributed by atoms with E-state index in [1.54, 1.807) is 12.3 Å². The van der Waals surface area contributed by atoms with E-state index in [4.69, 9.17) is 21.1 Å². The van der Waals surface area contributed by atoms with E-state index < -0.39 is 12.1 Å². The van der Waals surface area contributed by atoms with Crippen LogP contribution in [0.4, 0.5) is 4.39 Å². The SMILES string of the molecule is C=C(N=C(N=C(C)c1ccc(OC(C)CCC)nc1)OC)c1cc(CNC(=O)C2(CF)CCCCC2)ccc1Cl. The molecule has 1 amide bonds. The molecule has 1 unspecified atom stereocenters. The van der Waals surface area contributed by atoms with Gasteiger partial charge in [-0.3, -0.25) is 4.79 Å². The van der Waals surface area contributed by atoms with Gasteiger partial charge in [0.05, 0.1) is 30.0 Å². The zero-order valence-corrected chi connectivity index (χ0v) is 24.7. The maximum atomic E-state index is 13.8. The summed E-state index contributed by atoms with van der Waals surface area (Å²) in [6.07, 6.45) is 7.76. The molecular formula is C31H40ClFN4O3. The topological polar surface area (TPSA) is 85.2 Å². The first-order valence-corrected chi connectivity index (χ1v) is 14.2. The highest BCUT2D eigenvalue weighted by molar-refractivity contribution is 6.32. The fourth-order valence-corrected chi connectivity index (χ4v) is 4.99. The van der Waals surface area contributed by atoms with Crippen molar-refractivity contribution < 1.29 is 18.7 Å². The Kier molecular flexibility index (Phi) is 11.7. The van der Waals surface area contributed by atoms with E-state index >= 15 is 0 Å². The Morgan fingerprint density at radius 3 is 2.60 bits per heavy atom. The Morgan fingerprint density at radius 2 is 1.98 bits per heavy atom. The van der Waals surface area contributed by atoms with Crippen molar-refractivity contribution in [2.24, 2.45) is 15.4 Å². The maximum Gasteiger partial charge on any atom is 0.316 e. The number of rotatable bonds is 11. The number of hydrogen-bond donors (Lipinski definition) is 1. The average molecular weight is 571 g/mol. The summed E-state index contributed by atoms with van der Waals surface area (Å²) in [5.74, 6) is 0.329. The van der Waals surface area contributed by atoms with E-state index in [-0.39, 0.29) is 24.6 Å². The minimum atomic E-state index is -0.916. The van der Waals surface area contributed by atoms with Crippen LogP contribution in [-0.4, -0.2) is 42.5 Å². The van der Waals surface area contributed by atoms with Gasteiger partial charge in [-0.1, -0.05) is 56.9 Å². The number of carbonyl (C=O) groups is 1. The van der Waals surface area contributed by atoms with E-state index in [1.807, 2.05) is 38.1 Å². The summed E-state index contributed by atoms with van der Waals surface area (Å²) >= 11 is 6.46. The minimum Gasteiger partial charge on any atom is -0.475 e. The number of amides is 1. The van der Waals surface area contributed by atoms with Gasteiger partial charge in [-0.2, -0.15) is 9.98 Å². The summed E-state index contributed by atoms with van der Waals surface area (Å²) in [5, 5.41) is 3.36. The van der Waals surface area contributed by atoms with E-state index in [0.717, 1.165) is 43.2 Å². The third-order valence-electron chi connectivity index (χ3n) is 7.19. The van der Waals surface area contributed by atoms with Crippen LogP contribution < -0.4 is 10.1 Å². The van der Waals surface area contributed by atoms with Crippen LogP contribution >= 0.6 is 11.6 Å². The Bertz CT molecular complexity index is 1220. The molecule has 216 valence electrons. The molecule has 1 fully saturated rings. The smallest absolute Gasteiger partial charge is 0.316 e. The number of amidine groups is 1. The van der Waals surface area contributed by atoms with Gasteiger partial charge in [0.1, 0.15) is 6.67 Å². The van der Waals surface area contributed by atoms with E-state index in [1.165, 1.54) is 7.11 Å². The number of pyridine rings is 1. The maximum absolute atomic E-state index is 13.8. The number of nitrogens with one attached hydrogen (secondary N) is 1. The lowest BCUT2D eigenvalue weighted by Gasteiger charge is -2.33. The molecule has 3 rings (SSSR count). The molecule has 1 aliphatic rings. The third-order valence-corrected chi connectivity index (χ3v) is 7.52. The van der Waals surface area contributed by atoms with Crippen molar-refractivity contribution in [3.8, 4) is 5.88 Å². The molecule has 0 bridgehead atoms. The van der Waals surface area contributed by atoms with Gasteiger partial charge in [0.25, 0.3) is 0 Å². The zero-order chi connectivity index (χ0) is 29.1. The van der Waals surface area contributed by atoms with E-state index in [9.17, 15) is 9.18 Å². The fraction of sp³-hybridized carbons (Fsp3) is 0.484. The second-order valence-electron chi connectivity index (χ2n) is 10.3. The quantitative estimate of drug-likeness (QED) is 0.226. The Morgan fingerprint density at radius 1 is 1.23 bits per heavy atom. The summed E-state index contributed by atoms with van der Waals surface area (Å²) in [7, 11) is 1.48. The number of benzene rings is 1. The molecule has 0 aliphatic heterocycles. The number of ether oxygens (including phenoxy) is 2. The molecular weight excluding hydrogens is 531 g/mol. The van der Waals surface area contributed by atoms with Gasteiger partial charge in [0.2, 0.25) is 11.8 Å². The molecule has 40 heavy (non-hydrogen) atoms. The molecule has 0 spiro atoms. The highest BCUT2D eigenvalue weighted by Crippen LogP contribution is 2.37. The van der Waals surface area contributed by atoms with Crippen LogP contribution in [0, 0.1) is 5.41 Å². The third kappa shape index (κ3) is 8.37. The predicted octanol–water partition coefficient (Wildman–Crippen LogP) is 7.32. The summed E-state index contributed by atoms with van der Waals surface area (Å²) in [5.41, 5.74) is 2.27. The largest absolute Gasteiger partial charge is 0.475 e. The molecule has 7 nitrogen and oxygen atoms in total. The zero-order valence-electron chi connectivity index (χ0n) is 23.9. The molecule has 1 heterocycles. The van der Waals surface area contributed by atoms with Crippen LogP contribution in [0.15, 0.2) is 53.1 Å². The van der Waals surface area contributed by atoms with Crippen molar-refractivity contribution in [1.82, 2.24) is 10.3 Å². The normalized spacial score (nSPS) is 16.2. The molecule has 1 aliphatic carbocycles. The number of nitrogens with zero attached hydrogens (tertiary/aromatic N) is 3. The van der Waals surface area contributed by atoms with Crippen LogP contribution in [-0.2, 0) is 16.1 Å². The number of hydrogen-bond acceptors (Lipinski definition) is 5. The van der Waals surface area contributed by atoms with Crippen molar-refractivity contribution in [2.45, 2.75) is 78.4 Å². The van der Waals surface area contributed by atoms with Gasteiger partial charge >= 0.3 is 6.02 Å². The van der Waals surface area contributed by atoms with Crippen molar-refractivity contribution in [2.75, 3.05) is 13.8 Å². The number of carbonyl (C=O) groups excluding carboxylic acids is 1. The number of halogens is 2. The van der Waals surface area contributed by atoms with Crippen molar-refractivity contribution >= 4 is 34.9 Å². The highest BCUT2D eigenvalue weighted by Gasteiger charge is 2.39. The Balaban J connectivity index is 1.70. The summed E-state index contributed by atoms with van der Waals surface area (Å²) in [6.45, 7) is 9.65. The molecule has 0 radical (unpaired) electrons. The second-order valence-corrected chi connectivity index (χ2v) is 10.7. The number of alkyl halides is 1. The van der Waals surface area contributed by atoms with E-state index in [2.05, 4.69) is 33.8 Å². The van der Waals surface area contributed by atoms with Gasteiger partial charge in [-0.15, -0.1) is 0 Å². The number of aliphatic imine (C=N–C) groups is 2. The van der Waals surface area contributed by atoms with Gasteiger partial charge in [0, 0.05) is 35.0 Å². The van der Waals surface area contributed by atoms with Crippen molar-refractivity contribution in [1.29, 1.82) is 0 Å². The lowest BCUT2D eigenvalue weighted by molar-refractivity contribution is -0.134. The number of aromatic nitrogens is 1. The first kappa shape index (κ1) is 31.3. The Labute approximate surface area is 242 Å². The van der Waals surface area contributed by atoms with Crippen molar-refractivity contribution in [3.05, 3.63) is 64.8 Å². The summed E-state index contributed by atoms with van der Waals surface area (Å²) in [6, 6.07) is 9.16. The van der Waals surface area contributed by atoms with Gasteiger partial charge in [0.15, 0.2) is 0 Å². The molecule has 2 aromatic rings. The molecule has 1 aromatic carbocycles. The van der Waals surface area contributed by atoms with Crippen LogP contribution in [0.25, 0.3) is 5.70 Å². The van der Waals surface area contributed by atoms with Gasteiger partial charge < -0.3 is 14.8 Å². The molecule has 9 heteroatoms. The summed E-state index contributed by atoms with van der Waals surface area (Å²) < 4.78 is 25.1. The van der Waals surface area contributed by atoms with Crippen LogP contribution in [0.2, 0.25) is 5.02 Å². The first-order chi connectivity index (χ1) is 19.2. The first-order valence-electron chi connectivity index (χ1n) is 13.8. The standard InChI is InChI=1S/C31H40ClFN4O3/c1-6-10-21(2)40-28-14-12-25(19-34-28)22(3)36-30(39-5)37-23(4)26-17-24(11-13-27(26)32)18-35-29(38)31(20-33)15-8-7-9-16-31/h11-14,17,19,21H,4,6-10,15-16,18,20H2,1-3,5H3,(H,35,38). The Hall–Kier alpha value is -3.26. The molecule has 1 atom stereocenters. The minimum absolute atomic E-state index is 0.0987. The highest BCUT2D eigenvalue weighted by atomic mass is 35.5. The lowest BCUT2D eigenvalue weighted by atomic mass is 9.74. The van der Waals surface area contributed by atoms with Gasteiger partial charge in [-0.25, -0.2) is 9.37 Å². The van der Waals surface area contributed by atoms with Crippen LogP contribution in [0.5, 0.6) is 5.88 Å². The molecule has 1 N–H and O–H groups in total. The summed E-state index contributed by atoms with van der Waals surface area (Å²) in [4.78, 5) is 26.2. The average Bonchev–Trinajstić information content (AvgIpc) is 2.96. The number of methoxy groups -OCH3 is 1. The molecule has 1 saturated carbocycles. The fourth-order valence-electron chi connectivity index (χ4n) is 4.76. The monoisotopic (exact) mass is 570 g/mol. The molecule has 0 saturated heterocycles. The second kappa shape index (κ2) is 14.9. The van der Waals surface area contributed by atoms with Crippen LogP contribution in [0.3, 0.4) is 0 Å². The molecule has 1 aromatic heterocycles. The van der Waals surface area contributed by atoms with Crippen molar-refractivity contribution in [3.63, 3.8) is 0 Å². The van der Waals surface area contributed by atoms with E-state index in [0.29, 0.717) is 40.7 Å². The van der Waals surface area contributed by atoms with Gasteiger partial charge in [-0.05, 0) is 56.9 Å².